The van der Waals surface area contributed by atoms with E-state index in [1.165, 1.54) is 18.5 Å². The maximum absolute atomic E-state index is 12.1. The highest BCUT2D eigenvalue weighted by atomic mass is 16.1. The number of amides is 1. The minimum Gasteiger partial charge on any atom is -0.372 e. The summed E-state index contributed by atoms with van der Waals surface area (Å²) >= 11 is 0. The quantitative estimate of drug-likeness (QED) is 0.847. The molecule has 0 radical (unpaired) electrons. The summed E-state index contributed by atoms with van der Waals surface area (Å²) < 4.78 is 0. The number of nitrogens with zero attached hydrogens (tertiary/aromatic N) is 2. The third kappa shape index (κ3) is 4.75. The summed E-state index contributed by atoms with van der Waals surface area (Å²) in [6.45, 7) is 8.47. The maximum Gasteiger partial charge on any atom is 0.253 e. The molecule has 26 heavy (non-hydrogen) atoms. The second-order valence-corrected chi connectivity index (χ2v) is 7.43. The van der Waals surface area contributed by atoms with E-state index in [9.17, 15) is 4.79 Å². The molecule has 1 aliphatic rings. The molecule has 1 aromatic heterocycles. The van der Waals surface area contributed by atoms with Crippen molar-refractivity contribution in [1.29, 1.82) is 0 Å². The summed E-state index contributed by atoms with van der Waals surface area (Å²) in [5.74, 6) is 0.727. The molecule has 5 heteroatoms. The zero-order chi connectivity index (χ0) is 18.5. The normalized spacial score (nSPS) is 15.2. The number of hydrogen-bond acceptors (Lipinski definition) is 4. The second-order valence-electron chi connectivity index (χ2n) is 7.43. The van der Waals surface area contributed by atoms with E-state index in [2.05, 4.69) is 51.7 Å². The minimum absolute atomic E-state index is 0.101. The average molecular weight is 352 g/mol. The van der Waals surface area contributed by atoms with E-state index in [4.69, 9.17) is 0 Å². The number of pyridine rings is 1. The van der Waals surface area contributed by atoms with Crippen molar-refractivity contribution in [3.63, 3.8) is 0 Å². The fourth-order valence-corrected chi connectivity index (χ4v) is 3.17. The third-order valence-electron chi connectivity index (χ3n) is 4.72. The van der Waals surface area contributed by atoms with Crippen LogP contribution in [0.15, 0.2) is 42.7 Å². The van der Waals surface area contributed by atoms with Crippen molar-refractivity contribution in [2.75, 3.05) is 23.3 Å². The van der Waals surface area contributed by atoms with Gasteiger partial charge >= 0.3 is 0 Å². The fraction of sp³-hybridized carbons (Fsp3) is 0.429. The number of carbonyl (C=O) groups is 1. The van der Waals surface area contributed by atoms with Crippen LogP contribution in [0.4, 0.5) is 17.1 Å². The Morgan fingerprint density at radius 2 is 1.81 bits per heavy atom. The molecule has 138 valence electrons. The molecular weight excluding hydrogens is 324 g/mol. The van der Waals surface area contributed by atoms with E-state index < -0.39 is 0 Å². The molecule has 3 rings (SSSR count). The van der Waals surface area contributed by atoms with Crippen molar-refractivity contribution in [2.45, 2.75) is 39.7 Å². The average Bonchev–Trinajstić information content (AvgIpc) is 2.63. The highest BCUT2D eigenvalue weighted by Crippen LogP contribution is 2.25. The van der Waals surface area contributed by atoms with Gasteiger partial charge in [-0.3, -0.25) is 9.78 Å². The number of nitrogens with one attached hydrogen (secondary N) is 2. The van der Waals surface area contributed by atoms with Gasteiger partial charge in [0.15, 0.2) is 0 Å². The van der Waals surface area contributed by atoms with Crippen LogP contribution in [0.25, 0.3) is 0 Å². The summed E-state index contributed by atoms with van der Waals surface area (Å²) in [5, 5.41) is 6.21. The van der Waals surface area contributed by atoms with Crippen molar-refractivity contribution < 1.29 is 4.79 Å². The van der Waals surface area contributed by atoms with Crippen LogP contribution in [0.2, 0.25) is 0 Å². The Morgan fingerprint density at radius 3 is 2.46 bits per heavy atom. The van der Waals surface area contributed by atoms with Crippen molar-refractivity contribution in [2.24, 2.45) is 5.92 Å². The lowest BCUT2D eigenvalue weighted by molar-refractivity contribution is 0.0943. The monoisotopic (exact) mass is 352 g/mol. The Hall–Kier alpha value is -2.56. The lowest BCUT2D eigenvalue weighted by Gasteiger charge is -2.32. The molecule has 2 aromatic rings. The summed E-state index contributed by atoms with van der Waals surface area (Å²) in [7, 11) is 0. The third-order valence-corrected chi connectivity index (χ3v) is 4.72. The van der Waals surface area contributed by atoms with Crippen LogP contribution in [0.5, 0.6) is 0 Å². The molecule has 0 saturated carbocycles. The summed E-state index contributed by atoms with van der Waals surface area (Å²) in [5.41, 5.74) is 3.62. The number of anilines is 3. The van der Waals surface area contributed by atoms with Crippen LogP contribution < -0.4 is 15.5 Å². The first-order valence-electron chi connectivity index (χ1n) is 9.39. The Bertz CT molecular complexity index is 734. The molecule has 1 amide bonds. The Kier molecular flexibility index (Phi) is 5.76. The molecule has 0 spiro atoms. The molecule has 1 aromatic carbocycles. The van der Waals surface area contributed by atoms with Gasteiger partial charge in [-0.2, -0.15) is 0 Å². The van der Waals surface area contributed by atoms with Gasteiger partial charge in [0.1, 0.15) is 0 Å². The fourth-order valence-electron chi connectivity index (χ4n) is 3.17. The van der Waals surface area contributed by atoms with Crippen molar-refractivity contribution >= 4 is 23.0 Å². The predicted octanol–water partition coefficient (Wildman–Crippen LogP) is 4.20. The van der Waals surface area contributed by atoms with Crippen LogP contribution in [0.1, 0.15) is 44.0 Å². The Balaban J connectivity index is 1.65. The number of rotatable bonds is 5. The van der Waals surface area contributed by atoms with Gasteiger partial charge in [-0.25, -0.2) is 0 Å². The van der Waals surface area contributed by atoms with Crippen LogP contribution in [-0.4, -0.2) is 30.0 Å². The maximum atomic E-state index is 12.1. The molecule has 1 saturated heterocycles. The highest BCUT2D eigenvalue weighted by molar-refractivity contribution is 5.95. The molecule has 0 bridgehead atoms. The number of piperidine rings is 1. The molecule has 0 atom stereocenters. The van der Waals surface area contributed by atoms with Crippen molar-refractivity contribution in [3.8, 4) is 0 Å². The highest BCUT2D eigenvalue weighted by Gasteiger charge is 2.15. The molecule has 0 aliphatic carbocycles. The molecule has 1 fully saturated rings. The first-order chi connectivity index (χ1) is 12.5. The standard InChI is InChI=1S/C21H28N4O/c1-15(2)23-21(26)17-12-19(14-22-13-17)24-18-4-6-20(7-5-18)25-10-8-16(3)9-11-25/h4-7,12-16,24H,8-11H2,1-3H3,(H,23,26). The van der Waals surface area contributed by atoms with Gasteiger partial charge in [0.25, 0.3) is 5.91 Å². The van der Waals surface area contributed by atoms with Gasteiger partial charge in [-0.15, -0.1) is 0 Å². The first-order valence-corrected chi connectivity index (χ1v) is 9.39. The second kappa shape index (κ2) is 8.21. The van der Waals surface area contributed by atoms with E-state index in [1.807, 2.05) is 19.9 Å². The van der Waals surface area contributed by atoms with E-state index in [0.717, 1.165) is 30.4 Å². The van der Waals surface area contributed by atoms with Crippen LogP contribution >= 0.6 is 0 Å². The number of carbonyl (C=O) groups excluding carboxylic acids is 1. The van der Waals surface area contributed by atoms with Gasteiger partial charge in [0, 0.05) is 36.7 Å². The van der Waals surface area contributed by atoms with Gasteiger partial charge in [-0.1, -0.05) is 6.92 Å². The largest absolute Gasteiger partial charge is 0.372 e. The smallest absolute Gasteiger partial charge is 0.253 e. The summed E-state index contributed by atoms with van der Waals surface area (Å²) in [6, 6.07) is 10.4. The van der Waals surface area contributed by atoms with E-state index >= 15 is 0 Å². The molecule has 2 heterocycles. The number of benzene rings is 1. The first kappa shape index (κ1) is 18.2. The molecule has 2 N–H and O–H groups in total. The Labute approximate surface area is 155 Å². The van der Waals surface area contributed by atoms with Crippen LogP contribution in [0, 0.1) is 5.92 Å². The summed E-state index contributed by atoms with van der Waals surface area (Å²) in [6.07, 6.45) is 5.84. The van der Waals surface area contributed by atoms with E-state index in [0.29, 0.717) is 5.56 Å². The summed E-state index contributed by atoms with van der Waals surface area (Å²) in [4.78, 5) is 18.7. The molecule has 0 unspecified atom stereocenters. The molecule has 1 aliphatic heterocycles. The SMILES string of the molecule is CC1CCN(c2ccc(Nc3cncc(C(=O)NC(C)C)c3)cc2)CC1. The topological polar surface area (TPSA) is 57.3 Å². The zero-order valence-corrected chi connectivity index (χ0v) is 15.8. The van der Waals surface area contributed by atoms with Gasteiger partial charge in [-0.05, 0) is 62.9 Å². The minimum atomic E-state index is -0.106. The van der Waals surface area contributed by atoms with E-state index in [-0.39, 0.29) is 11.9 Å². The number of aromatic nitrogens is 1. The lowest BCUT2D eigenvalue weighted by atomic mass is 9.99. The van der Waals surface area contributed by atoms with Gasteiger partial charge < -0.3 is 15.5 Å². The van der Waals surface area contributed by atoms with E-state index in [1.54, 1.807) is 12.4 Å². The van der Waals surface area contributed by atoms with Gasteiger partial charge in [0.05, 0.1) is 17.4 Å². The predicted molar refractivity (Wildman–Crippen MR) is 107 cm³/mol. The van der Waals surface area contributed by atoms with Gasteiger partial charge in [0.2, 0.25) is 0 Å². The number of hydrogen-bond donors (Lipinski definition) is 2. The van der Waals surface area contributed by atoms with Crippen molar-refractivity contribution in [1.82, 2.24) is 10.3 Å². The zero-order valence-electron chi connectivity index (χ0n) is 15.8. The molecular formula is C21H28N4O. The van der Waals surface area contributed by atoms with Crippen LogP contribution in [0.3, 0.4) is 0 Å². The lowest BCUT2D eigenvalue weighted by Crippen LogP contribution is -2.32. The Morgan fingerprint density at radius 1 is 1.12 bits per heavy atom. The van der Waals surface area contributed by atoms with Crippen molar-refractivity contribution in [3.05, 3.63) is 48.3 Å². The molecule has 5 nitrogen and oxygen atoms in total. The van der Waals surface area contributed by atoms with Crippen LogP contribution in [-0.2, 0) is 0 Å².